The van der Waals surface area contributed by atoms with E-state index in [1.807, 2.05) is 12.3 Å². The lowest BCUT2D eigenvalue weighted by atomic mass is 10.1. The van der Waals surface area contributed by atoms with E-state index >= 15 is 0 Å². The van der Waals surface area contributed by atoms with E-state index in [9.17, 15) is 0 Å². The highest BCUT2D eigenvalue weighted by atomic mass is 32.2. The maximum atomic E-state index is 4.53. The van der Waals surface area contributed by atoms with E-state index in [4.69, 9.17) is 0 Å². The van der Waals surface area contributed by atoms with Gasteiger partial charge in [0.05, 0.1) is 0 Å². The Morgan fingerprint density at radius 2 is 2.00 bits per heavy atom. The van der Waals surface area contributed by atoms with Crippen LogP contribution in [-0.4, -0.2) is 11.5 Å². The van der Waals surface area contributed by atoms with Gasteiger partial charge < -0.3 is 5.32 Å². The molecule has 0 aliphatic heterocycles. The Balaban J connectivity index is 2.13. The molecule has 0 unspecified atom stereocenters. The fraction of sp³-hybridized carbons (Fsp3) is 0.353. The minimum atomic E-state index is 0.884. The molecule has 0 saturated carbocycles. The van der Waals surface area contributed by atoms with E-state index in [-0.39, 0.29) is 0 Å². The van der Waals surface area contributed by atoms with Crippen LogP contribution in [0.1, 0.15) is 30.0 Å². The van der Waals surface area contributed by atoms with E-state index in [2.05, 4.69) is 55.3 Å². The maximum Gasteiger partial charge on any atom is 0.105 e. The number of nitrogens with zero attached hydrogens (tertiary/aromatic N) is 1. The second-order valence-corrected chi connectivity index (χ2v) is 6.05. The molecule has 2 rings (SSSR count). The molecule has 0 aliphatic carbocycles. The summed E-state index contributed by atoms with van der Waals surface area (Å²) < 4.78 is 0. The highest BCUT2D eigenvalue weighted by molar-refractivity contribution is 7.99. The van der Waals surface area contributed by atoms with Gasteiger partial charge in [-0.05, 0) is 61.7 Å². The largest absolute Gasteiger partial charge is 0.313 e. The average Bonchev–Trinajstić information content (AvgIpc) is 2.45. The Morgan fingerprint density at radius 1 is 1.15 bits per heavy atom. The second-order valence-electron chi connectivity index (χ2n) is 4.99. The van der Waals surface area contributed by atoms with Gasteiger partial charge in [0.15, 0.2) is 0 Å². The monoisotopic (exact) mass is 286 g/mol. The molecule has 0 aliphatic rings. The van der Waals surface area contributed by atoms with Gasteiger partial charge in [0.2, 0.25) is 0 Å². The molecule has 3 heteroatoms. The van der Waals surface area contributed by atoms with Crippen molar-refractivity contribution in [1.29, 1.82) is 0 Å². The standard InChI is InChI=1S/C17H22N2S/c1-4-9-18-12-15-6-5-10-19-17(15)20-16-8-7-13(2)14(3)11-16/h5-8,10-11,18H,4,9,12H2,1-3H3. The van der Waals surface area contributed by atoms with Crippen LogP contribution >= 0.6 is 11.8 Å². The van der Waals surface area contributed by atoms with Crippen LogP contribution in [0.4, 0.5) is 0 Å². The zero-order valence-corrected chi connectivity index (χ0v) is 13.3. The van der Waals surface area contributed by atoms with Crippen LogP contribution in [-0.2, 0) is 6.54 Å². The zero-order chi connectivity index (χ0) is 14.4. The molecule has 0 fully saturated rings. The SMILES string of the molecule is CCCNCc1cccnc1Sc1ccc(C)c(C)c1. The Hall–Kier alpha value is -1.32. The molecule has 1 aromatic carbocycles. The van der Waals surface area contributed by atoms with Crippen LogP contribution in [0.25, 0.3) is 0 Å². The minimum absolute atomic E-state index is 0.884. The summed E-state index contributed by atoms with van der Waals surface area (Å²) in [7, 11) is 0. The molecular formula is C17H22N2S. The first kappa shape index (κ1) is 15.1. The minimum Gasteiger partial charge on any atom is -0.313 e. The van der Waals surface area contributed by atoms with Crippen molar-refractivity contribution in [2.24, 2.45) is 0 Å². The third kappa shape index (κ3) is 4.09. The van der Waals surface area contributed by atoms with Gasteiger partial charge in [0.1, 0.15) is 5.03 Å². The van der Waals surface area contributed by atoms with Gasteiger partial charge in [-0.15, -0.1) is 0 Å². The van der Waals surface area contributed by atoms with E-state index in [0.29, 0.717) is 0 Å². The lowest BCUT2D eigenvalue weighted by Crippen LogP contribution is -2.14. The van der Waals surface area contributed by atoms with E-state index < -0.39 is 0 Å². The summed E-state index contributed by atoms with van der Waals surface area (Å²) >= 11 is 1.74. The van der Waals surface area contributed by atoms with Crippen LogP contribution in [0.3, 0.4) is 0 Å². The van der Waals surface area contributed by atoms with Gasteiger partial charge >= 0.3 is 0 Å². The van der Waals surface area contributed by atoms with Crippen molar-refractivity contribution in [2.45, 2.75) is 43.7 Å². The Kier molecular flexibility index (Phi) is 5.62. The van der Waals surface area contributed by atoms with Gasteiger partial charge in [0.25, 0.3) is 0 Å². The van der Waals surface area contributed by atoms with Crippen molar-refractivity contribution >= 4 is 11.8 Å². The summed E-state index contributed by atoms with van der Waals surface area (Å²) in [6, 6.07) is 10.7. The number of benzene rings is 1. The van der Waals surface area contributed by atoms with Crippen LogP contribution < -0.4 is 5.32 Å². The van der Waals surface area contributed by atoms with Crippen LogP contribution in [0.2, 0.25) is 0 Å². The first-order valence-electron chi connectivity index (χ1n) is 7.10. The van der Waals surface area contributed by atoms with E-state index in [0.717, 1.165) is 24.5 Å². The van der Waals surface area contributed by atoms with Gasteiger partial charge in [-0.1, -0.05) is 30.8 Å². The molecule has 0 atom stereocenters. The Morgan fingerprint density at radius 3 is 2.75 bits per heavy atom. The molecule has 20 heavy (non-hydrogen) atoms. The number of aryl methyl sites for hydroxylation is 2. The van der Waals surface area contributed by atoms with Crippen LogP contribution in [0.5, 0.6) is 0 Å². The molecule has 0 amide bonds. The average molecular weight is 286 g/mol. The molecule has 2 aromatic rings. The first-order valence-corrected chi connectivity index (χ1v) is 7.92. The molecule has 0 bridgehead atoms. The van der Waals surface area contributed by atoms with Crippen LogP contribution in [0, 0.1) is 13.8 Å². The summed E-state index contributed by atoms with van der Waals surface area (Å²) in [6.07, 6.45) is 3.02. The predicted molar refractivity (Wildman–Crippen MR) is 86.3 cm³/mol. The maximum absolute atomic E-state index is 4.53. The molecule has 1 N–H and O–H groups in total. The molecule has 1 aromatic heterocycles. The van der Waals surface area contributed by atoms with Crippen molar-refractivity contribution in [1.82, 2.24) is 10.3 Å². The third-order valence-corrected chi connectivity index (χ3v) is 4.34. The summed E-state index contributed by atoms with van der Waals surface area (Å²) in [4.78, 5) is 5.78. The fourth-order valence-electron chi connectivity index (χ4n) is 1.94. The molecule has 0 spiro atoms. The Bertz CT molecular complexity index is 567. The number of nitrogens with one attached hydrogen (secondary N) is 1. The summed E-state index contributed by atoms with van der Waals surface area (Å²) in [5.41, 5.74) is 3.93. The van der Waals surface area contributed by atoms with Crippen molar-refractivity contribution < 1.29 is 0 Å². The quantitative estimate of drug-likeness (QED) is 0.799. The number of pyridine rings is 1. The highest BCUT2D eigenvalue weighted by Gasteiger charge is 2.06. The van der Waals surface area contributed by atoms with Gasteiger partial charge in [-0.3, -0.25) is 0 Å². The lowest BCUT2D eigenvalue weighted by molar-refractivity contribution is 0.665. The number of aromatic nitrogens is 1. The molecule has 0 saturated heterocycles. The second kappa shape index (κ2) is 7.46. The van der Waals surface area contributed by atoms with Crippen molar-refractivity contribution in [3.63, 3.8) is 0 Å². The summed E-state index contributed by atoms with van der Waals surface area (Å²) in [5, 5.41) is 4.54. The zero-order valence-electron chi connectivity index (χ0n) is 12.4. The van der Waals surface area contributed by atoms with Gasteiger partial charge in [0, 0.05) is 17.6 Å². The van der Waals surface area contributed by atoms with E-state index in [1.165, 1.54) is 21.6 Å². The molecule has 1 heterocycles. The summed E-state index contributed by atoms with van der Waals surface area (Å²) in [5.74, 6) is 0. The molecular weight excluding hydrogens is 264 g/mol. The van der Waals surface area contributed by atoms with Crippen molar-refractivity contribution in [3.8, 4) is 0 Å². The number of hydrogen-bond donors (Lipinski definition) is 1. The van der Waals surface area contributed by atoms with E-state index in [1.54, 1.807) is 11.8 Å². The lowest BCUT2D eigenvalue weighted by Gasteiger charge is -2.10. The smallest absolute Gasteiger partial charge is 0.105 e. The molecule has 106 valence electrons. The van der Waals surface area contributed by atoms with Crippen molar-refractivity contribution in [2.75, 3.05) is 6.54 Å². The van der Waals surface area contributed by atoms with Crippen molar-refractivity contribution in [3.05, 3.63) is 53.2 Å². The topological polar surface area (TPSA) is 24.9 Å². The Labute approximate surface area is 126 Å². The first-order chi connectivity index (χ1) is 9.70. The third-order valence-electron chi connectivity index (χ3n) is 3.29. The highest BCUT2D eigenvalue weighted by Crippen LogP contribution is 2.29. The van der Waals surface area contributed by atoms with Gasteiger partial charge in [-0.2, -0.15) is 0 Å². The molecule has 0 radical (unpaired) electrons. The van der Waals surface area contributed by atoms with Gasteiger partial charge in [-0.25, -0.2) is 4.98 Å². The normalized spacial score (nSPS) is 10.8. The molecule has 2 nitrogen and oxygen atoms in total. The van der Waals surface area contributed by atoms with Crippen LogP contribution in [0.15, 0.2) is 46.5 Å². The predicted octanol–water partition coefficient (Wildman–Crippen LogP) is 4.35. The summed E-state index contributed by atoms with van der Waals surface area (Å²) in [6.45, 7) is 8.41. The fourth-order valence-corrected chi connectivity index (χ4v) is 2.92. The number of hydrogen-bond acceptors (Lipinski definition) is 3. The number of rotatable bonds is 6.